The molecule has 17 heavy (non-hydrogen) atoms. The summed E-state index contributed by atoms with van der Waals surface area (Å²) in [5, 5.41) is 3.51. The molecular weight excluding hydrogens is 212 g/mol. The van der Waals surface area contributed by atoms with Gasteiger partial charge < -0.3 is 15.0 Å². The van der Waals surface area contributed by atoms with E-state index >= 15 is 0 Å². The third-order valence-corrected chi connectivity index (χ3v) is 3.19. The first-order chi connectivity index (χ1) is 8.35. The van der Waals surface area contributed by atoms with Crippen LogP contribution >= 0.6 is 0 Å². The van der Waals surface area contributed by atoms with E-state index in [0.29, 0.717) is 6.04 Å². The molecule has 0 aromatic heterocycles. The normalized spacial score (nSPS) is 19.6. The highest BCUT2D eigenvalue weighted by Gasteiger charge is 2.23. The van der Waals surface area contributed by atoms with Gasteiger partial charge in [-0.1, -0.05) is 19.1 Å². The van der Waals surface area contributed by atoms with Crippen LogP contribution in [-0.2, 0) is 0 Å². The van der Waals surface area contributed by atoms with Gasteiger partial charge in [-0.05, 0) is 32.0 Å². The molecule has 1 aliphatic heterocycles. The van der Waals surface area contributed by atoms with Crippen molar-refractivity contribution in [1.29, 1.82) is 0 Å². The maximum Gasteiger partial charge on any atom is 0.142 e. The standard InChI is InChI=1S/C14H22N2O/c1-3-15-12-9-10-16(11-12)13-7-5-6-8-14(13)17-4-2/h5-8,12,15H,3-4,9-11H2,1-2H3. The molecule has 3 heteroatoms. The van der Waals surface area contributed by atoms with Gasteiger partial charge in [0.15, 0.2) is 0 Å². The molecule has 0 amide bonds. The van der Waals surface area contributed by atoms with Crippen molar-refractivity contribution in [1.82, 2.24) is 5.32 Å². The van der Waals surface area contributed by atoms with Gasteiger partial charge in [-0.15, -0.1) is 0 Å². The molecule has 1 aromatic rings. The van der Waals surface area contributed by atoms with Gasteiger partial charge in [-0.2, -0.15) is 0 Å². The SMILES string of the molecule is CCNC1CCN(c2ccccc2OCC)C1. The Balaban J connectivity index is 2.07. The fourth-order valence-electron chi connectivity index (χ4n) is 2.43. The number of likely N-dealkylation sites (N-methyl/N-ethyl adjacent to an activating group) is 1. The Morgan fingerprint density at radius 1 is 1.35 bits per heavy atom. The molecule has 0 bridgehead atoms. The second kappa shape index (κ2) is 5.92. The number of rotatable bonds is 5. The van der Waals surface area contributed by atoms with Gasteiger partial charge in [-0.3, -0.25) is 0 Å². The quantitative estimate of drug-likeness (QED) is 0.846. The third-order valence-electron chi connectivity index (χ3n) is 3.19. The summed E-state index contributed by atoms with van der Waals surface area (Å²) in [4.78, 5) is 2.42. The van der Waals surface area contributed by atoms with E-state index in [9.17, 15) is 0 Å². The minimum Gasteiger partial charge on any atom is -0.492 e. The van der Waals surface area contributed by atoms with Crippen LogP contribution in [0.15, 0.2) is 24.3 Å². The zero-order valence-electron chi connectivity index (χ0n) is 10.8. The Kier molecular flexibility index (Phi) is 4.26. The fourth-order valence-corrected chi connectivity index (χ4v) is 2.43. The van der Waals surface area contributed by atoms with Gasteiger partial charge in [0.05, 0.1) is 12.3 Å². The van der Waals surface area contributed by atoms with Crippen LogP contribution in [0, 0.1) is 0 Å². The first kappa shape index (κ1) is 12.2. The summed E-state index contributed by atoms with van der Waals surface area (Å²) in [5.74, 6) is 1.01. The van der Waals surface area contributed by atoms with Crippen molar-refractivity contribution in [2.45, 2.75) is 26.3 Å². The number of nitrogens with zero attached hydrogens (tertiary/aromatic N) is 1. The minimum atomic E-state index is 0.620. The Hall–Kier alpha value is -1.22. The summed E-state index contributed by atoms with van der Waals surface area (Å²) in [5.41, 5.74) is 1.23. The number of benzene rings is 1. The van der Waals surface area contributed by atoms with E-state index in [1.165, 1.54) is 12.1 Å². The molecule has 1 N–H and O–H groups in total. The van der Waals surface area contributed by atoms with Crippen molar-refractivity contribution < 1.29 is 4.74 Å². The maximum absolute atomic E-state index is 5.68. The zero-order valence-corrected chi connectivity index (χ0v) is 10.8. The lowest BCUT2D eigenvalue weighted by Crippen LogP contribution is -2.32. The summed E-state index contributed by atoms with van der Waals surface area (Å²) in [6.07, 6.45) is 1.22. The van der Waals surface area contributed by atoms with Crippen LogP contribution in [0.2, 0.25) is 0 Å². The molecule has 1 atom stereocenters. The molecule has 2 rings (SSSR count). The molecule has 1 fully saturated rings. The lowest BCUT2D eigenvalue weighted by atomic mass is 10.2. The highest BCUT2D eigenvalue weighted by molar-refractivity contribution is 5.59. The average molecular weight is 234 g/mol. The molecule has 1 aliphatic rings. The van der Waals surface area contributed by atoms with Crippen molar-refractivity contribution in [3.63, 3.8) is 0 Å². The van der Waals surface area contributed by atoms with Gasteiger partial charge in [0.1, 0.15) is 5.75 Å². The summed E-state index contributed by atoms with van der Waals surface area (Å²) < 4.78 is 5.68. The van der Waals surface area contributed by atoms with Crippen molar-refractivity contribution in [2.75, 3.05) is 31.1 Å². The molecule has 1 saturated heterocycles. The van der Waals surface area contributed by atoms with E-state index < -0.39 is 0 Å². The largest absolute Gasteiger partial charge is 0.492 e. The second-order valence-corrected chi connectivity index (χ2v) is 4.39. The third kappa shape index (κ3) is 2.91. The van der Waals surface area contributed by atoms with Gasteiger partial charge in [-0.25, -0.2) is 0 Å². The topological polar surface area (TPSA) is 24.5 Å². The molecular formula is C14H22N2O. The van der Waals surface area contributed by atoms with Crippen molar-refractivity contribution >= 4 is 5.69 Å². The van der Waals surface area contributed by atoms with E-state index in [1.807, 2.05) is 13.0 Å². The van der Waals surface area contributed by atoms with Gasteiger partial charge in [0.2, 0.25) is 0 Å². The highest BCUT2D eigenvalue weighted by atomic mass is 16.5. The minimum absolute atomic E-state index is 0.620. The predicted molar refractivity (Wildman–Crippen MR) is 71.9 cm³/mol. The van der Waals surface area contributed by atoms with Gasteiger partial charge in [0.25, 0.3) is 0 Å². The highest BCUT2D eigenvalue weighted by Crippen LogP contribution is 2.30. The molecule has 3 nitrogen and oxygen atoms in total. The molecule has 0 radical (unpaired) electrons. The zero-order chi connectivity index (χ0) is 12.1. The van der Waals surface area contributed by atoms with Gasteiger partial charge >= 0.3 is 0 Å². The number of hydrogen-bond acceptors (Lipinski definition) is 3. The van der Waals surface area contributed by atoms with Crippen LogP contribution in [0.1, 0.15) is 20.3 Å². The first-order valence-corrected chi connectivity index (χ1v) is 6.55. The van der Waals surface area contributed by atoms with E-state index in [4.69, 9.17) is 4.74 Å². The Morgan fingerprint density at radius 2 is 2.18 bits per heavy atom. The molecule has 1 unspecified atom stereocenters. The molecule has 0 saturated carbocycles. The fraction of sp³-hybridized carbons (Fsp3) is 0.571. The van der Waals surface area contributed by atoms with Crippen molar-refractivity contribution in [2.24, 2.45) is 0 Å². The van der Waals surface area contributed by atoms with Crippen LogP contribution in [0.4, 0.5) is 5.69 Å². The summed E-state index contributed by atoms with van der Waals surface area (Å²) in [7, 11) is 0. The average Bonchev–Trinajstić information content (AvgIpc) is 2.79. The molecule has 1 heterocycles. The van der Waals surface area contributed by atoms with Crippen LogP contribution in [-0.4, -0.2) is 32.3 Å². The van der Waals surface area contributed by atoms with Gasteiger partial charge in [0, 0.05) is 19.1 Å². The van der Waals surface area contributed by atoms with Crippen LogP contribution in [0.5, 0.6) is 5.75 Å². The summed E-state index contributed by atoms with van der Waals surface area (Å²) in [6, 6.07) is 8.94. The predicted octanol–water partition coefficient (Wildman–Crippen LogP) is 2.27. The number of anilines is 1. The first-order valence-electron chi connectivity index (χ1n) is 6.55. The Labute approximate surface area is 104 Å². The Morgan fingerprint density at radius 3 is 2.94 bits per heavy atom. The maximum atomic E-state index is 5.68. The number of para-hydroxylation sites is 2. The number of nitrogens with one attached hydrogen (secondary N) is 1. The number of hydrogen-bond donors (Lipinski definition) is 1. The van der Waals surface area contributed by atoms with Crippen molar-refractivity contribution in [3.8, 4) is 5.75 Å². The van der Waals surface area contributed by atoms with Crippen LogP contribution in [0.3, 0.4) is 0 Å². The van der Waals surface area contributed by atoms with E-state index in [1.54, 1.807) is 0 Å². The van der Waals surface area contributed by atoms with E-state index in [0.717, 1.165) is 32.0 Å². The molecule has 94 valence electrons. The summed E-state index contributed by atoms with van der Waals surface area (Å²) >= 11 is 0. The van der Waals surface area contributed by atoms with Crippen LogP contribution in [0.25, 0.3) is 0 Å². The monoisotopic (exact) mass is 234 g/mol. The molecule has 0 spiro atoms. The lowest BCUT2D eigenvalue weighted by Gasteiger charge is -2.21. The van der Waals surface area contributed by atoms with E-state index in [-0.39, 0.29) is 0 Å². The second-order valence-electron chi connectivity index (χ2n) is 4.39. The smallest absolute Gasteiger partial charge is 0.142 e. The van der Waals surface area contributed by atoms with Crippen LogP contribution < -0.4 is 15.0 Å². The summed E-state index contributed by atoms with van der Waals surface area (Å²) in [6.45, 7) is 8.16. The van der Waals surface area contributed by atoms with E-state index in [2.05, 4.69) is 35.3 Å². The number of ether oxygens (including phenoxy) is 1. The lowest BCUT2D eigenvalue weighted by molar-refractivity contribution is 0.340. The Bertz CT molecular complexity index is 354. The van der Waals surface area contributed by atoms with Crippen molar-refractivity contribution in [3.05, 3.63) is 24.3 Å². The molecule has 1 aromatic carbocycles. The molecule has 0 aliphatic carbocycles.